The van der Waals surface area contributed by atoms with Crippen LogP contribution in [0, 0.1) is 0 Å². The van der Waals surface area contributed by atoms with Crippen LogP contribution in [0.25, 0.3) is 0 Å². The maximum absolute atomic E-state index is 11.9. The van der Waals surface area contributed by atoms with Gasteiger partial charge in [0.2, 0.25) is 5.91 Å². The van der Waals surface area contributed by atoms with Gasteiger partial charge < -0.3 is 15.5 Å². The van der Waals surface area contributed by atoms with Crippen molar-refractivity contribution in [1.82, 2.24) is 15.5 Å². The number of hydrogen-bond donors (Lipinski definition) is 2. The number of carbonyl (C=O) groups excluding carboxylic acids is 1. The van der Waals surface area contributed by atoms with Gasteiger partial charge in [-0.15, -0.1) is 35.3 Å². The Morgan fingerprint density at radius 2 is 1.85 bits per heavy atom. The van der Waals surface area contributed by atoms with Crippen molar-refractivity contribution in [2.75, 3.05) is 27.2 Å². The Kier molecular flexibility index (Phi) is 11.0. The summed E-state index contributed by atoms with van der Waals surface area (Å²) in [7, 11) is 3.51. The van der Waals surface area contributed by atoms with Crippen LogP contribution < -0.4 is 10.6 Å². The van der Waals surface area contributed by atoms with E-state index in [1.165, 1.54) is 16.0 Å². The maximum Gasteiger partial charge on any atom is 0.241 e. The number of benzene rings is 1. The molecule has 2 rings (SSSR count). The average Bonchev–Trinajstić information content (AvgIpc) is 3.16. The standard InChI is InChI=1S/C20H28N4OS.HI/c1-4-16-8-5-6-9-17(16)14-22-20(23-15-19(25)24(2)3)21-12-11-18-10-7-13-26-18;/h5-10,13H,4,11-12,14-15H2,1-3H3,(H2,21,22,23);1H. The lowest BCUT2D eigenvalue weighted by Gasteiger charge is -2.15. The number of aliphatic imine (C=N–C) groups is 1. The fourth-order valence-electron chi connectivity index (χ4n) is 2.47. The molecule has 5 nitrogen and oxygen atoms in total. The number of halogens is 1. The highest BCUT2D eigenvalue weighted by molar-refractivity contribution is 14.0. The Bertz CT molecular complexity index is 717. The van der Waals surface area contributed by atoms with Crippen LogP contribution in [0.15, 0.2) is 46.8 Å². The van der Waals surface area contributed by atoms with Crippen LogP contribution in [-0.4, -0.2) is 44.0 Å². The minimum atomic E-state index is 0. The van der Waals surface area contributed by atoms with E-state index < -0.39 is 0 Å². The van der Waals surface area contributed by atoms with E-state index in [2.05, 4.69) is 58.3 Å². The van der Waals surface area contributed by atoms with E-state index in [9.17, 15) is 4.79 Å². The van der Waals surface area contributed by atoms with E-state index in [0.717, 1.165) is 19.4 Å². The molecule has 1 amide bonds. The molecule has 0 saturated heterocycles. The third kappa shape index (κ3) is 8.30. The zero-order valence-electron chi connectivity index (χ0n) is 16.2. The summed E-state index contributed by atoms with van der Waals surface area (Å²) in [5.41, 5.74) is 2.52. The van der Waals surface area contributed by atoms with Crippen LogP contribution in [0.5, 0.6) is 0 Å². The summed E-state index contributed by atoms with van der Waals surface area (Å²) < 4.78 is 0. The van der Waals surface area contributed by atoms with Crippen LogP contribution >= 0.6 is 35.3 Å². The summed E-state index contributed by atoms with van der Waals surface area (Å²) in [6, 6.07) is 12.5. The van der Waals surface area contributed by atoms with E-state index >= 15 is 0 Å². The number of nitrogens with one attached hydrogen (secondary N) is 2. The molecule has 1 aromatic carbocycles. The second-order valence-electron chi connectivity index (χ2n) is 6.18. The molecule has 7 heteroatoms. The van der Waals surface area contributed by atoms with Crippen LogP contribution in [0.4, 0.5) is 0 Å². The topological polar surface area (TPSA) is 56.7 Å². The van der Waals surface area contributed by atoms with Gasteiger partial charge in [0, 0.05) is 25.5 Å². The van der Waals surface area contributed by atoms with Crippen molar-refractivity contribution in [2.24, 2.45) is 4.99 Å². The zero-order chi connectivity index (χ0) is 18.8. The molecule has 0 saturated carbocycles. The predicted molar refractivity (Wildman–Crippen MR) is 125 cm³/mol. The number of thiophene rings is 1. The first-order valence-corrected chi connectivity index (χ1v) is 9.79. The Morgan fingerprint density at radius 3 is 2.48 bits per heavy atom. The fraction of sp³-hybridized carbons (Fsp3) is 0.400. The van der Waals surface area contributed by atoms with E-state index in [4.69, 9.17) is 0 Å². The van der Waals surface area contributed by atoms with Gasteiger partial charge in [-0.05, 0) is 35.4 Å². The first kappa shape index (κ1) is 23.4. The molecule has 0 aliphatic heterocycles. The molecule has 0 aliphatic carbocycles. The van der Waals surface area contributed by atoms with Gasteiger partial charge in [0.15, 0.2) is 5.96 Å². The molecule has 0 fully saturated rings. The monoisotopic (exact) mass is 500 g/mol. The molecule has 0 spiro atoms. The third-order valence-electron chi connectivity index (χ3n) is 4.06. The average molecular weight is 500 g/mol. The van der Waals surface area contributed by atoms with Gasteiger partial charge in [-0.1, -0.05) is 37.3 Å². The molecule has 1 aromatic heterocycles. The van der Waals surface area contributed by atoms with Crippen molar-refractivity contribution >= 4 is 47.2 Å². The lowest BCUT2D eigenvalue weighted by molar-refractivity contribution is -0.127. The first-order valence-electron chi connectivity index (χ1n) is 8.91. The quantitative estimate of drug-likeness (QED) is 0.332. The molecule has 2 aromatic rings. The number of carbonyl (C=O) groups is 1. The second kappa shape index (κ2) is 12.7. The number of hydrogen-bond acceptors (Lipinski definition) is 3. The molecular weight excluding hydrogens is 471 g/mol. The van der Waals surface area contributed by atoms with Crippen molar-refractivity contribution in [1.29, 1.82) is 0 Å². The Hall–Kier alpha value is -1.61. The van der Waals surface area contributed by atoms with Crippen LogP contribution in [0.3, 0.4) is 0 Å². The van der Waals surface area contributed by atoms with E-state index in [1.807, 2.05) is 6.07 Å². The van der Waals surface area contributed by atoms with Gasteiger partial charge in [-0.2, -0.15) is 0 Å². The van der Waals surface area contributed by atoms with Crippen molar-refractivity contribution in [3.63, 3.8) is 0 Å². The number of amides is 1. The lowest BCUT2D eigenvalue weighted by atomic mass is 10.1. The summed E-state index contributed by atoms with van der Waals surface area (Å²) in [6.07, 6.45) is 1.92. The van der Waals surface area contributed by atoms with Gasteiger partial charge in [0.05, 0.1) is 13.1 Å². The Morgan fingerprint density at radius 1 is 1.11 bits per heavy atom. The van der Waals surface area contributed by atoms with Crippen LogP contribution in [0.2, 0.25) is 0 Å². The van der Waals surface area contributed by atoms with Gasteiger partial charge >= 0.3 is 0 Å². The molecule has 1 heterocycles. The van der Waals surface area contributed by atoms with Gasteiger partial charge in [0.25, 0.3) is 0 Å². The van der Waals surface area contributed by atoms with Gasteiger partial charge in [-0.25, -0.2) is 4.99 Å². The van der Waals surface area contributed by atoms with Gasteiger partial charge in [-0.3, -0.25) is 4.79 Å². The number of guanidine groups is 1. The fourth-order valence-corrected chi connectivity index (χ4v) is 3.18. The number of aryl methyl sites for hydroxylation is 1. The molecule has 0 atom stereocenters. The summed E-state index contributed by atoms with van der Waals surface area (Å²) in [5, 5.41) is 8.56. The molecule has 0 bridgehead atoms. The molecule has 0 aliphatic rings. The number of nitrogens with zero attached hydrogens (tertiary/aromatic N) is 2. The highest BCUT2D eigenvalue weighted by atomic mass is 127. The Labute approximate surface area is 183 Å². The van der Waals surface area contributed by atoms with Crippen molar-refractivity contribution in [3.05, 3.63) is 57.8 Å². The first-order chi connectivity index (χ1) is 12.6. The summed E-state index contributed by atoms with van der Waals surface area (Å²) >= 11 is 1.75. The van der Waals surface area contributed by atoms with Crippen LogP contribution in [-0.2, 0) is 24.2 Å². The minimum absolute atomic E-state index is 0. The van der Waals surface area contributed by atoms with Crippen LogP contribution in [0.1, 0.15) is 22.9 Å². The van der Waals surface area contributed by atoms with Crippen molar-refractivity contribution in [3.8, 4) is 0 Å². The maximum atomic E-state index is 11.9. The van der Waals surface area contributed by atoms with Crippen molar-refractivity contribution < 1.29 is 4.79 Å². The smallest absolute Gasteiger partial charge is 0.241 e. The summed E-state index contributed by atoms with van der Waals surface area (Å²) in [4.78, 5) is 19.4. The lowest BCUT2D eigenvalue weighted by Crippen LogP contribution is -2.43. The molecule has 148 valence electrons. The van der Waals surface area contributed by atoms with Gasteiger partial charge in [0.1, 0.15) is 0 Å². The number of likely N-dealkylation sites (N-methyl/N-ethyl adjacent to an activating group) is 1. The minimum Gasteiger partial charge on any atom is -0.356 e. The third-order valence-corrected chi connectivity index (χ3v) is 4.99. The molecule has 0 unspecified atom stereocenters. The predicted octanol–water partition coefficient (Wildman–Crippen LogP) is 3.29. The normalized spacial score (nSPS) is 10.9. The molecule has 2 N–H and O–H groups in total. The van der Waals surface area contributed by atoms with Crippen molar-refractivity contribution in [2.45, 2.75) is 26.3 Å². The van der Waals surface area contributed by atoms with E-state index in [0.29, 0.717) is 12.5 Å². The summed E-state index contributed by atoms with van der Waals surface area (Å²) in [6.45, 7) is 3.75. The highest BCUT2D eigenvalue weighted by Crippen LogP contribution is 2.11. The largest absolute Gasteiger partial charge is 0.356 e. The number of rotatable bonds is 8. The van der Waals surface area contributed by atoms with E-state index in [-0.39, 0.29) is 36.4 Å². The SMILES string of the molecule is CCc1ccccc1CN=C(NCCc1cccs1)NCC(=O)N(C)C.I. The molecule has 27 heavy (non-hydrogen) atoms. The van der Waals surface area contributed by atoms with E-state index in [1.54, 1.807) is 30.3 Å². The summed E-state index contributed by atoms with van der Waals surface area (Å²) in [5.74, 6) is 0.689. The molecule has 0 radical (unpaired) electrons. The zero-order valence-corrected chi connectivity index (χ0v) is 19.3. The Balaban J connectivity index is 0.00000364. The second-order valence-corrected chi connectivity index (χ2v) is 7.22. The highest BCUT2D eigenvalue weighted by Gasteiger charge is 2.07. The molecular formula is C20H29IN4OS.